The van der Waals surface area contributed by atoms with Crippen molar-refractivity contribution in [3.05, 3.63) is 46.1 Å². The lowest BCUT2D eigenvalue weighted by Crippen LogP contribution is -2.45. The maximum absolute atomic E-state index is 12.9. The number of hydrogen-bond donors (Lipinski definition) is 2. The monoisotopic (exact) mass is 408 g/mol. The predicted octanol–water partition coefficient (Wildman–Crippen LogP) is 2.78. The minimum atomic E-state index is -1.48. The largest absolute Gasteiger partial charge is 0.481 e. The van der Waals surface area contributed by atoms with Gasteiger partial charge in [0.2, 0.25) is 0 Å². The summed E-state index contributed by atoms with van der Waals surface area (Å²) in [4.78, 5) is 29.6. The number of halogens is 1. The standard InChI is InChI=1S/C20H25ClN2O5/c1-4-28-18(24)16-15(11-27-10-9-22)23-12(2)20(3,19(25)26)17(16)13-7-5-6-8-14(13)21/h5-8,17H,4,9-11,22H2,1-3H3,(H,25,26). The fourth-order valence-corrected chi connectivity index (χ4v) is 3.55. The second kappa shape index (κ2) is 9.32. The number of ether oxygens (including phenoxy) is 2. The third-order valence-corrected chi connectivity index (χ3v) is 5.23. The lowest BCUT2D eigenvalue weighted by atomic mass is 9.65. The maximum atomic E-state index is 12.9. The number of carboxylic acids is 1. The van der Waals surface area contributed by atoms with Crippen molar-refractivity contribution in [1.82, 2.24) is 0 Å². The highest BCUT2D eigenvalue weighted by Gasteiger charge is 2.52. The summed E-state index contributed by atoms with van der Waals surface area (Å²) in [5.74, 6) is -2.63. The molecule has 0 radical (unpaired) electrons. The van der Waals surface area contributed by atoms with E-state index in [0.29, 0.717) is 28.5 Å². The number of hydrogen-bond acceptors (Lipinski definition) is 6. The summed E-state index contributed by atoms with van der Waals surface area (Å²) in [6, 6.07) is 6.86. The minimum absolute atomic E-state index is 0.0132. The minimum Gasteiger partial charge on any atom is -0.481 e. The molecule has 0 spiro atoms. The van der Waals surface area contributed by atoms with Crippen molar-refractivity contribution >= 4 is 29.3 Å². The van der Waals surface area contributed by atoms with E-state index in [1.54, 1.807) is 45.0 Å². The van der Waals surface area contributed by atoms with E-state index in [0.717, 1.165) is 0 Å². The van der Waals surface area contributed by atoms with Crippen molar-refractivity contribution < 1.29 is 24.2 Å². The Hall–Kier alpha value is -2.22. The van der Waals surface area contributed by atoms with Gasteiger partial charge in [0, 0.05) is 23.2 Å². The van der Waals surface area contributed by atoms with Gasteiger partial charge in [0.25, 0.3) is 0 Å². The average Bonchev–Trinajstić information content (AvgIpc) is 2.65. The SMILES string of the molecule is CCOC(=O)C1=C(COCCN)N=C(C)C(C)(C(=O)O)C1c1ccccc1Cl. The molecule has 1 aromatic carbocycles. The smallest absolute Gasteiger partial charge is 0.336 e. The van der Waals surface area contributed by atoms with E-state index in [4.69, 9.17) is 26.8 Å². The van der Waals surface area contributed by atoms with Crippen LogP contribution in [0.25, 0.3) is 0 Å². The number of aliphatic imine (C=N–C) groups is 1. The predicted molar refractivity (Wildman–Crippen MR) is 107 cm³/mol. The summed E-state index contributed by atoms with van der Waals surface area (Å²) in [6.07, 6.45) is 0. The van der Waals surface area contributed by atoms with Gasteiger partial charge in [-0.15, -0.1) is 0 Å². The zero-order valence-corrected chi connectivity index (χ0v) is 17.0. The zero-order chi connectivity index (χ0) is 20.9. The Bertz CT molecular complexity index is 821. The van der Waals surface area contributed by atoms with Crippen LogP contribution in [-0.2, 0) is 19.1 Å². The summed E-state index contributed by atoms with van der Waals surface area (Å²) in [5, 5.41) is 10.4. The first kappa shape index (κ1) is 22.1. The lowest BCUT2D eigenvalue weighted by molar-refractivity contribution is -0.145. The summed E-state index contributed by atoms with van der Waals surface area (Å²) >= 11 is 6.40. The van der Waals surface area contributed by atoms with Crippen LogP contribution in [0.5, 0.6) is 0 Å². The van der Waals surface area contributed by atoms with Crippen LogP contribution in [0.3, 0.4) is 0 Å². The maximum Gasteiger partial charge on any atom is 0.336 e. The van der Waals surface area contributed by atoms with Gasteiger partial charge in [0.05, 0.1) is 31.1 Å². The van der Waals surface area contributed by atoms with Gasteiger partial charge in [-0.05, 0) is 32.4 Å². The number of benzene rings is 1. The van der Waals surface area contributed by atoms with Crippen LogP contribution in [0.4, 0.5) is 0 Å². The molecule has 8 heteroatoms. The normalized spacial score (nSPS) is 22.0. The van der Waals surface area contributed by atoms with Crippen molar-refractivity contribution in [3.8, 4) is 0 Å². The molecule has 0 saturated carbocycles. The van der Waals surface area contributed by atoms with Gasteiger partial charge in [0.1, 0.15) is 5.41 Å². The third-order valence-electron chi connectivity index (χ3n) is 4.89. The fourth-order valence-electron chi connectivity index (χ4n) is 3.30. The van der Waals surface area contributed by atoms with Gasteiger partial charge in [-0.2, -0.15) is 0 Å². The molecule has 0 fully saturated rings. The molecule has 2 rings (SSSR count). The first-order chi connectivity index (χ1) is 13.3. The van der Waals surface area contributed by atoms with Gasteiger partial charge in [-0.3, -0.25) is 9.79 Å². The Kier molecular flexibility index (Phi) is 7.35. The number of aliphatic carboxylic acids is 1. The molecule has 1 aliphatic rings. The molecule has 3 N–H and O–H groups in total. The summed E-state index contributed by atoms with van der Waals surface area (Å²) in [5.41, 5.74) is 5.32. The first-order valence-corrected chi connectivity index (χ1v) is 9.38. The van der Waals surface area contributed by atoms with Gasteiger partial charge in [0.15, 0.2) is 0 Å². The van der Waals surface area contributed by atoms with Crippen molar-refractivity contribution in [1.29, 1.82) is 0 Å². The second-order valence-electron chi connectivity index (χ2n) is 6.58. The number of carbonyl (C=O) groups excluding carboxylic acids is 1. The molecule has 152 valence electrons. The second-order valence-corrected chi connectivity index (χ2v) is 6.99. The summed E-state index contributed by atoms with van der Waals surface area (Å²) in [6.45, 7) is 5.59. The quantitative estimate of drug-likeness (QED) is 0.505. The molecule has 0 aromatic heterocycles. The molecule has 28 heavy (non-hydrogen) atoms. The molecule has 0 saturated heterocycles. The third kappa shape index (κ3) is 4.11. The van der Waals surface area contributed by atoms with Gasteiger partial charge >= 0.3 is 11.9 Å². The fraction of sp³-hybridized carbons (Fsp3) is 0.450. The number of esters is 1. The number of nitrogens with zero attached hydrogens (tertiary/aromatic N) is 1. The lowest BCUT2D eigenvalue weighted by Gasteiger charge is -2.39. The zero-order valence-electron chi connectivity index (χ0n) is 16.2. The van der Waals surface area contributed by atoms with Crippen LogP contribution < -0.4 is 5.73 Å². The van der Waals surface area contributed by atoms with Crippen LogP contribution in [0.2, 0.25) is 5.02 Å². The molecule has 1 aliphatic heterocycles. The average molecular weight is 409 g/mol. The van der Waals surface area contributed by atoms with Gasteiger partial charge in [-0.1, -0.05) is 29.8 Å². The topological polar surface area (TPSA) is 111 Å². The van der Waals surface area contributed by atoms with Crippen molar-refractivity contribution in [3.63, 3.8) is 0 Å². The number of nitrogens with two attached hydrogens (primary N) is 1. The molecular weight excluding hydrogens is 384 g/mol. The highest BCUT2D eigenvalue weighted by Crippen LogP contribution is 2.49. The highest BCUT2D eigenvalue weighted by atomic mass is 35.5. The Morgan fingerprint density at radius 3 is 2.61 bits per heavy atom. The molecule has 0 amide bonds. The molecule has 7 nitrogen and oxygen atoms in total. The van der Waals surface area contributed by atoms with Gasteiger partial charge < -0.3 is 20.3 Å². The Morgan fingerprint density at radius 2 is 2.04 bits per heavy atom. The molecular formula is C20H25ClN2O5. The Morgan fingerprint density at radius 1 is 1.36 bits per heavy atom. The van der Waals surface area contributed by atoms with E-state index >= 15 is 0 Å². The number of carbonyl (C=O) groups is 2. The van der Waals surface area contributed by atoms with E-state index in [1.807, 2.05) is 0 Å². The Balaban J connectivity index is 2.75. The molecule has 0 bridgehead atoms. The van der Waals surface area contributed by atoms with Crippen LogP contribution in [-0.4, -0.2) is 49.1 Å². The number of rotatable bonds is 8. The van der Waals surface area contributed by atoms with Crippen molar-refractivity contribution in [2.45, 2.75) is 26.7 Å². The van der Waals surface area contributed by atoms with Crippen LogP contribution in [0.1, 0.15) is 32.3 Å². The van der Waals surface area contributed by atoms with E-state index in [2.05, 4.69) is 4.99 Å². The molecule has 2 atom stereocenters. The highest BCUT2D eigenvalue weighted by molar-refractivity contribution is 6.31. The van der Waals surface area contributed by atoms with Crippen LogP contribution in [0, 0.1) is 5.41 Å². The molecule has 2 unspecified atom stereocenters. The summed E-state index contributed by atoms with van der Waals surface area (Å²) in [7, 11) is 0. The van der Waals surface area contributed by atoms with Crippen molar-refractivity contribution in [2.75, 3.05) is 26.4 Å². The Labute approximate surface area is 169 Å². The van der Waals surface area contributed by atoms with E-state index in [1.165, 1.54) is 0 Å². The van der Waals surface area contributed by atoms with Crippen LogP contribution >= 0.6 is 11.6 Å². The van der Waals surface area contributed by atoms with E-state index < -0.39 is 23.3 Å². The molecule has 1 heterocycles. The van der Waals surface area contributed by atoms with E-state index in [9.17, 15) is 14.7 Å². The van der Waals surface area contributed by atoms with E-state index in [-0.39, 0.29) is 25.4 Å². The molecule has 0 aliphatic carbocycles. The summed E-state index contributed by atoms with van der Waals surface area (Å²) < 4.78 is 10.7. The van der Waals surface area contributed by atoms with Crippen LogP contribution in [0.15, 0.2) is 40.5 Å². The van der Waals surface area contributed by atoms with Gasteiger partial charge in [-0.25, -0.2) is 4.79 Å². The van der Waals surface area contributed by atoms with Crippen molar-refractivity contribution in [2.24, 2.45) is 16.1 Å². The molecule has 1 aromatic rings. The first-order valence-electron chi connectivity index (χ1n) is 9.00. The number of carboxylic acid groups (broad SMARTS) is 1.